The Balaban J connectivity index is 0.00000144. The van der Waals surface area contributed by atoms with Crippen LogP contribution in [0.5, 0.6) is 0 Å². The van der Waals surface area contributed by atoms with Crippen LogP contribution in [0.1, 0.15) is 12.8 Å². The molecule has 0 aromatic heterocycles. The minimum Gasteiger partial charge on any atom is -0.481 e. The van der Waals surface area contributed by atoms with E-state index in [0.717, 1.165) is 0 Å². The molecule has 3 N–H and O–H groups in total. The normalized spacial score (nSPS) is 26.8. The molecule has 0 saturated heterocycles. The second kappa shape index (κ2) is 4.53. The maximum absolute atomic E-state index is 12.0. The van der Waals surface area contributed by atoms with Gasteiger partial charge in [-0.1, -0.05) is 0 Å². The SMILES string of the molecule is Cl.N[C@@H]1C[C@H](C(=O)O)CC1=C(F)F. The summed E-state index contributed by atoms with van der Waals surface area (Å²) in [4.78, 5) is 10.4. The van der Waals surface area contributed by atoms with Crippen LogP contribution in [0, 0.1) is 5.92 Å². The van der Waals surface area contributed by atoms with Gasteiger partial charge >= 0.3 is 5.97 Å². The standard InChI is InChI=1S/C7H9F2NO2.ClH/c8-6(9)4-1-3(7(11)12)2-5(4)10;/h3,5H,1-2,10H2,(H,11,12);1H/t3-,5-;/m1./s1. The van der Waals surface area contributed by atoms with Gasteiger partial charge < -0.3 is 10.8 Å². The Morgan fingerprint density at radius 2 is 2.08 bits per heavy atom. The molecule has 1 fully saturated rings. The molecule has 76 valence electrons. The fraction of sp³-hybridized carbons (Fsp3) is 0.571. The van der Waals surface area contributed by atoms with E-state index < -0.39 is 24.0 Å². The molecule has 0 bridgehead atoms. The van der Waals surface area contributed by atoms with Crippen LogP contribution in [-0.2, 0) is 4.79 Å². The quantitative estimate of drug-likeness (QED) is 0.692. The average molecular weight is 214 g/mol. The van der Waals surface area contributed by atoms with Gasteiger partial charge in [-0.05, 0) is 12.8 Å². The molecule has 13 heavy (non-hydrogen) atoms. The summed E-state index contributed by atoms with van der Waals surface area (Å²) in [5.74, 6) is -1.79. The third-order valence-electron chi connectivity index (χ3n) is 2.04. The van der Waals surface area contributed by atoms with Crippen LogP contribution in [0.25, 0.3) is 0 Å². The first-order chi connectivity index (χ1) is 5.52. The van der Waals surface area contributed by atoms with Crippen LogP contribution in [0.2, 0.25) is 0 Å². The zero-order valence-electron chi connectivity index (χ0n) is 6.67. The van der Waals surface area contributed by atoms with Crippen LogP contribution in [0.3, 0.4) is 0 Å². The number of hydrogen-bond acceptors (Lipinski definition) is 2. The van der Waals surface area contributed by atoms with Crippen molar-refractivity contribution in [2.45, 2.75) is 18.9 Å². The smallest absolute Gasteiger partial charge is 0.306 e. The van der Waals surface area contributed by atoms with Gasteiger partial charge in [-0.3, -0.25) is 4.79 Å². The first-order valence-corrected chi connectivity index (χ1v) is 3.54. The highest BCUT2D eigenvalue weighted by atomic mass is 35.5. The number of carbonyl (C=O) groups is 1. The van der Waals surface area contributed by atoms with E-state index in [1.54, 1.807) is 0 Å². The van der Waals surface area contributed by atoms with E-state index >= 15 is 0 Å². The maximum atomic E-state index is 12.0. The zero-order valence-corrected chi connectivity index (χ0v) is 7.48. The number of rotatable bonds is 1. The van der Waals surface area contributed by atoms with Crippen LogP contribution < -0.4 is 5.73 Å². The lowest BCUT2D eigenvalue weighted by Gasteiger charge is -2.00. The summed E-state index contributed by atoms with van der Waals surface area (Å²) in [6.45, 7) is 0. The fourth-order valence-corrected chi connectivity index (χ4v) is 1.35. The molecule has 0 unspecified atom stereocenters. The second-order valence-electron chi connectivity index (χ2n) is 2.87. The Kier molecular flexibility index (Phi) is 4.29. The maximum Gasteiger partial charge on any atom is 0.306 e. The molecule has 6 heteroatoms. The van der Waals surface area contributed by atoms with Gasteiger partial charge in [0.2, 0.25) is 0 Å². The Hall–Kier alpha value is -0.680. The predicted molar refractivity (Wildman–Crippen MR) is 44.8 cm³/mol. The molecule has 0 aliphatic heterocycles. The van der Waals surface area contributed by atoms with Crippen LogP contribution >= 0.6 is 12.4 Å². The van der Waals surface area contributed by atoms with Crippen molar-refractivity contribution in [1.82, 2.24) is 0 Å². The summed E-state index contributed by atoms with van der Waals surface area (Å²) in [5, 5.41) is 8.51. The number of hydrogen-bond donors (Lipinski definition) is 2. The minimum absolute atomic E-state index is 0. The Labute approximate surface area is 80.0 Å². The first kappa shape index (κ1) is 12.3. The second-order valence-corrected chi connectivity index (χ2v) is 2.87. The predicted octanol–water partition coefficient (Wildman–Crippen LogP) is 1.38. The number of carboxylic acid groups (broad SMARTS) is 1. The third kappa shape index (κ3) is 2.63. The number of aliphatic carboxylic acids is 1. The Morgan fingerprint density at radius 3 is 2.31 bits per heavy atom. The Bertz CT molecular complexity index is 241. The summed E-state index contributed by atoms with van der Waals surface area (Å²) in [7, 11) is 0. The van der Waals surface area contributed by atoms with Crippen LogP contribution in [-0.4, -0.2) is 17.1 Å². The van der Waals surface area contributed by atoms with Gasteiger partial charge in [0.1, 0.15) is 0 Å². The van der Waals surface area contributed by atoms with Crippen molar-refractivity contribution >= 4 is 18.4 Å². The summed E-state index contributed by atoms with van der Waals surface area (Å²) in [5.41, 5.74) is 5.10. The van der Waals surface area contributed by atoms with Crippen molar-refractivity contribution in [2.75, 3.05) is 0 Å². The first-order valence-electron chi connectivity index (χ1n) is 3.54. The van der Waals surface area contributed by atoms with Crippen molar-refractivity contribution in [2.24, 2.45) is 11.7 Å². The van der Waals surface area contributed by atoms with Gasteiger partial charge in [0.15, 0.2) is 0 Å². The lowest BCUT2D eigenvalue weighted by atomic mass is 10.1. The lowest BCUT2D eigenvalue weighted by Crippen LogP contribution is -2.19. The fourth-order valence-electron chi connectivity index (χ4n) is 1.35. The van der Waals surface area contributed by atoms with Crippen molar-refractivity contribution in [3.8, 4) is 0 Å². The van der Waals surface area contributed by atoms with Crippen LogP contribution in [0.15, 0.2) is 11.7 Å². The molecule has 0 aromatic carbocycles. The molecule has 1 rings (SSSR count). The number of nitrogens with two attached hydrogens (primary N) is 1. The topological polar surface area (TPSA) is 63.3 Å². The summed E-state index contributed by atoms with van der Waals surface area (Å²) >= 11 is 0. The molecule has 1 saturated carbocycles. The van der Waals surface area contributed by atoms with E-state index in [-0.39, 0.29) is 30.8 Å². The number of halogens is 3. The summed E-state index contributed by atoms with van der Waals surface area (Å²) in [6, 6.07) is -0.781. The highest BCUT2D eigenvalue weighted by Crippen LogP contribution is 2.32. The average Bonchev–Trinajstić information content (AvgIpc) is 2.30. The molecule has 0 spiro atoms. The molecule has 1 aliphatic carbocycles. The zero-order chi connectivity index (χ0) is 9.30. The van der Waals surface area contributed by atoms with Crippen molar-refractivity contribution < 1.29 is 18.7 Å². The molecule has 0 heterocycles. The van der Waals surface area contributed by atoms with Crippen molar-refractivity contribution in [1.29, 1.82) is 0 Å². The molecule has 2 atom stereocenters. The molecule has 3 nitrogen and oxygen atoms in total. The van der Waals surface area contributed by atoms with Gasteiger partial charge in [-0.15, -0.1) is 12.4 Å². The molecule has 0 amide bonds. The molecular formula is C7H10ClF2NO2. The van der Waals surface area contributed by atoms with E-state index in [0.29, 0.717) is 0 Å². The highest BCUT2D eigenvalue weighted by molar-refractivity contribution is 5.85. The highest BCUT2D eigenvalue weighted by Gasteiger charge is 2.34. The van der Waals surface area contributed by atoms with Crippen molar-refractivity contribution in [3.05, 3.63) is 11.7 Å². The van der Waals surface area contributed by atoms with E-state index in [2.05, 4.69) is 0 Å². The van der Waals surface area contributed by atoms with E-state index in [1.165, 1.54) is 0 Å². The lowest BCUT2D eigenvalue weighted by molar-refractivity contribution is -0.141. The molecular weight excluding hydrogens is 204 g/mol. The minimum atomic E-state index is -1.83. The van der Waals surface area contributed by atoms with Crippen molar-refractivity contribution in [3.63, 3.8) is 0 Å². The van der Waals surface area contributed by atoms with Crippen LogP contribution in [0.4, 0.5) is 8.78 Å². The molecule has 0 radical (unpaired) electrons. The molecule has 0 aromatic rings. The van der Waals surface area contributed by atoms with Gasteiger partial charge in [0.25, 0.3) is 6.08 Å². The van der Waals surface area contributed by atoms with Gasteiger partial charge in [-0.25, -0.2) is 0 Å². The van der Waals surface area contributed by atoms with Gasteiger partial charge in [0, 0.05) is 11.6 Å². The summed E-state index contributed by atoms with van der Waals surface area (Å²) < 4.78 is 24.1. The number of carboxylic acids is 1. The summed E-state index contributed by atoms with van der Waals surface area (Å²) in [6.07, 6.45) is -1.83. The third-order valence-corrected chi connectivity index (χ3v) is 2.04. The van der Waals surface area contributed by atoms with E-state index in [4.69, 9.17) is 10.8 Å². The molecule has 1 aliphatic rings. The van der Waals surface area contributed by atoms with Gasteiger partial charge in [-0.2, -0.15) is 8.78 Å². The Morgan fingerprint density at radius 1 is 1.54 bits per heavy atom. The van der Waals surface area contributed by atoms with E-state index in [9.17, 15) is 13.6 Å². The van der Waals surface area contributed by atoms with Gasteiger partial charge in [0.05, 0.1) is 5.92 Å². The monoisotopic (exact) mass is 213 g/mol. The largest absolute Gasteiger partial charge is 0.481 e. The van der Waals surface area contributed by atoms with E-state index in [1.807, 2.05) is 0 Å².